The molecule has 1 heterocycles. The third-order valence-electron chi connectivity index (χ3n) is 3.36. The molecule has 2 nitrogen and oxygen atoms in total. The minimum atomic E-state index is -0.493. The molecule has 0 bridgehead atoms. The molecular formula is C13H16ClFO2. The number of rotatable bonds is 3. The molecule has 94 valence electrons. The number of halogens is 2. The first-order chi connectivity index (χ1) is 8.08. The van der Waals surface area contributed by atoms with Gasteiger partial charge >= 0.3 is 0 Å². The molecule has 1 aromatic carbocycles. The van der Waals surface area contributed by atoms with Gasteiger partial charge in [0.05, 0.1) is 17.2 Å². The molecule has 1 N–H and O–H groups in total. The minimum absolute atomic E-state index is 0.0714. The molecule has 4 heteroatoms. The summed E-state index contributed by atoms with van der Waals surface area (Å²) in [4.78, 5) is 0. The zero-order valence-corrected chi connectivity index (χ0v) is 10.5. The predicted octanol–water partition coefficient (Wildman–Crippen LogP) is 2.81. The van der Waals surface area contributed by atoms with Gasteiger partial charge in [0.15, 0.2) is 0 Å². The minimum Gasteiger partial charge on any atom is -0.392 e. The van der Waals surface area contributed by atoms with E-state index >= 15 is 0 Å². The zero-order chi connectivity index (χ0) is 12.4. The molecule has 0 amide bonds. The second-order valence-corrected chi connectivity index (χ2v) is 4.96. The number of aliphatic hydroxyl groups is 1. The molecular weight excluding hydrogens is 243 g/mol. The van der Waals surface area contributed by atoms with Crippen LogP contribution in [0.1, 0.15) is 18.9 Å². The number of aliphatic hydroxyl groups excluding tert-OH is 1. The van der Waals surface area contributed by atoms with E-state index in [-0.39, 0.29) is 17.0 Å². The van der Waals surface area contributed by atoms with Crippen molar-refractivity contribution in [2.24, 2.45) is 5.92 Å². The van der Waals surface area contributed by atoms with Crippen LogP contribution >= 0.6 is 11.6 Å². The Balaban J connectivity index is 2.02. The van der Waals surface area contributed by atoms with E-state index in [0.717, 1.165) is 12.0 Å². The Morgan fingerprint density at radius 2 is 2.35 bits per heavy atom. The monoisotopic (exact) mass is 258 g/mol. The molecule has 1 aromatic rings. The fourth-order valence-electron chi connectivity index (χ4n) is 2.31. The maximum Gasteiger partial charge on any atom is 0.142 e. The van der Waals surface area contributed by atoms with E-state index in [9.17, 15) is 9.50 Å². The molecule has 2 rings (SSSR count). The quantitative estimate of drug-likeness (QED) is 0.903. The van der Waals surface area contributed by atoms with Gasteiger partial charge in [-0.1, -0.05) is 17.7 Å². The van der Waals surface area contributed by atoms with Gasteiger partial charge in [-0.25, -0.2) is 4.39 Å². The van der Waals surface area contributed by atoms with Gasteiger partial charge in [-0.2, -0.15) is 0 Å². The van der Waals surface area contributed by atoms with E-state index in [0.29, 0.717) is 13.0 Å². The van der Waals surface area contributed by atoms with E-state index in [1.165, 1.54) is 12.1 Å². The summed E-state index contributed by atoms with van der Waals surface area (Å²) in [6, 6.07) is 4.65. The summed E-state index contributed by atoms with van der Waals surface area (Å²) in [6.07, 6.45) is 0.875. The molecule has 3 unspecified atom stereocenters. The van der Waals surface area contributed by atoms with Gasteiger partial charge in [0.25, 0.3) is 0 Å². The summed E-state index contributed by atoms with van der Waals surface area (Å²) in [5.74, 6) is -0.305. The van der Waals surface area contributed by atoms with Crippen LogP contribution in [0.15, 0.2) is 18.2 Å². The highest BCUT2D eigenvalue weighted by molar-refractivity contribution is 6.30. The smallest absolute Gasteiger partial charge is 0.142 e. The zero-order valence-electron chi connectivity index (χ0n) is 9.70. The van der Waals surface area contributed by atoms with Gasteiger partial charge in [-0.3, -0.25) is 0 Å². The first-order valence-electron chi connectivity index (χ1n) is 5.81. The number of hydrogen-bond donors (Lipinski definition) is 1. The highest BCUT2D eigenvalue weighted by atomic mass is 35.5. The van der Waals surface area contributed by atoms with E-state index in [2.05, 4.69) is 0 Å². The molecule has 0 spiro atoms. The van der Waals surface area contributed by atoms with Gasteiger partial charge in [0.1, 0.15) is 5.82 Å². The van der Waals surface area contributed by atoms with E-state index in [1.807, 2.05) is 6.92 Å². The molecule has 0 saturated carbocycles. The van der Waals surface area contributed by atoms with Crippen molar-refractivity contribution in [3.05, 3.63) is 34.6 Å². The molecule has 3 atom stereocenters. The van der Waals surface area contributed by atoms with Gasteiger partial charge in [-0.05, 0) is 37.5 Å². The molecule has 1 fully saturated rings. The maximum absolute atomic E-state index is 13.2. The number of ether oxygens (including phenoxy) is 1. The topological polar surface area (TPSA) is 29.5 Å². The lowest BCUT2D eigenvalue weighted by Crippen LogP contribution is -2.28. The van der Waals surface area contributed by atoms with Crippen LogP contribution in [-0.2, 0) is 11.2 Å². The average Bonchev–Trinajstić information content (AvgIpc) is 2.70. The second-order valence-electron chi connectivity index (χ2n) is 4.55. The number of hydrogen-bond acceptors (Lipinski definition) is 2. The average molecular weight is 259 g/mol. The highest BCUT2D eigenvalue weighted by Gasteiger charge is 2.30. The fourth-order valence-corrected chi connectivity index (χ4v) is 2.43. The largest absolute Gasteiger partial charge is 0.392 e. The van der Waals surface area contributed by atoms with Crippen molar-refractivity contribution in [3.63, 3.8) is 0 Å². The Morgan fingerprint density at radius 3 is 2.94 bits per heavy atom. The van der Waals surface area contributed by atoms with E-state index in [4.69, 9.17) is 16.3 Å². The van der Waals surface area contributed by atoms with Crippen LogP contribution in [0, 0.1) is 11.7 Å². The van der Waals surface area contributed by atoms with Crippen LogP contribution in [-0.4, -0.2) is 23.9 Å². The standard InChI is InChI=1S/C13H16ClFO2/c1-8-10(4-5-17-8)13(16)7-9-2-3-11(14)12(15)6-9/h2-3,6,8,10,13,16H,4-5,7H2,1H3. The van der Waals surface area contributed by atoms with Crippen molar-refractivity contribution in [1.82, 2.24) is 0 Å². The molecule has 0 aromatic heterocycles. The molecule has 1 saturated heterocycles. The van der Waals surface area contributed by atoms with Crippen LogP contribution in [0.4, 0.5) is 4.39 Å². The third kappa shape index (κ3) is 2.97. The number of benzene rings is 1. The van der Waals surface area contributed by atoms with Crippen LogP contribution in [0.5, 0.6) is 0 Å². The summed E-state index contributed by atoms with van der Waals surface area (Å²) in [5.41, 5.74) is 0.763. The first kappa shape index (κ1) is 12.8. The molecule has 0 radical (unpaired) electrons. The van der Waals surface area contributed by atoms with Gasteiger partial charge < -0.3 is 9.84 Å². The molecule has 17 heavy (non-hydrogen) atoms. The molecule has 1 aliphatic rings. The summed E-state index contributed by atoms with van der Waals surface area (Å²) in [7, 11) is 0. The van der Waals surface area contributed by atoms with Crippen molar-refractivity contribution in [2.75, 3.05) is 6.61 Å². The van der Waals surface area contributed by atoms with Crippen LogP contribution in [0.25, 0.3) is 0 Å². The third-order valence-corrected chi connectivity index (χ3v) is 3.66. The van der Waals surface area contributed by atoms with Gasteiger partial charge in [-0.15, -0.1) is 0 Å². The summed E-state index contributed by atoms with van der Waals surface area (Å²) in [5, 5.41) is 10.2. The second kappa shape index (κ2) is 5.34. The lowest BCUT2D eigenvalue weighted by Gasteiger charge is -2.20. The molecule has 0 aliphatic carbocycles. The van der Waals surface area contributed by atoms with E-state index < -0.39 is 11.9 Å². The fraction of sp³-hybridized carbons (Fsp3) is 0.538. The van der Waals surface area contributed by atoms with Crippen molar-refractivity contribution in [3.8, 4) is 0 Å². The maximum atomic E-state index is 13.2. The lowest BCUT2D eigenvalue weighted by atomic mass is 9.91. The Kier molecular flexibility index (Phi) is 4.02. The summed E-state index contributed by atoms with van der Waals surface area (Å²) >= 11 is 5.61. The lowest BCUT2D eigenvalue weighted by molar-refractivity contribution is 0.0440. The Bertz CT molecular complexity index is 397. The Hall–Kier alpha value is -0.640. The van der Waals surface area contributed by atoms with Crippen molar-refractivity contribution in [1.29, 1.82) is 0 Å². The first-order valence-corrected chi connectivity index (χ1v) is 6.19. The van der Waals surface area contributed by atoms with Crippen LogP contribution in [0.2, 0.25) is 5.02 Å². The summed E-state index contributed by atoms with van der Waals surface area (Å²) in [6.45, 7) is 2.65. The summed E-state index contributed by atoms with van der Waals surface area (Å²) < 4.78 is 18.7. The van der Waals surface area contributed by atoms with Crippen molar-refractivity contribution in [2.45, 2.75) is 32.0 Å². The van der Waals surface area contributed by atoms with Gasteiger partial charge in [0, 0.05) is 12.5 Å². The predicted molar refractivity (Wildman–Crippen MR) is 64.6 cm³/mol. The molecule has 1 aliphatic heterocycles. The SMILES string of the molecule is CC1OCCC1C(O)Cc1ccc(Cl)c(F)c1. The Morgan fingerprint density at radius 1 is 1.59 bits per heavy atom. The van der Waals surface area contributed by atoms with Crippen molar-refractivity contribution < 1.29 is 14.2 Å². The van der Waals surface area contributed by atoms with Crippen LogP contribution < -0.4 is 0 Å². The van der Waals surface area contributed by atoms with E-state index in [1.54, 1.807) is 6.07 Å². The van der Waals surface area contributed by atoms with Gasteiger partial charge in [0.2, 0.25) is 0 Å². The van der Waals surface area contributed by atoms with Crippen LogP contribution in [0.3, 0.4) is 0 Å². The normalized spacial score (nSPS) is 26.1. The Labute approximate surface area is 105 Å². The highest BCUT2D eigenvalue weighted by Crippen LogP contribution is 2.26. The van der Waals surface area contributed by atoms with Crippen molar-refractivity contribution >= 4 is 11.6 Å².